The Hall–Kier alpha value is -7.76. The number of halogens is 2. The first-order valence-corrected chi connectivity index (χ1v) is 31.0. The van der Waals surface area contributed by atoms with Gasteiger partial charge in [0.1, 0.15) is 41.5 Å². The zero-order valence-electron chi connectivity index (χ0n) is 49.1. The number of pyridine rings is 1. The lowest BCUT2D eigenvalue weighted by molar-refractivity contribution is -0.142. The van der Waals surface area contributed by atoms with Gasteiger partial charge in [-0.25, -0.2) is 18.7 Å². The molecule has 4 fully saturated rings. The molecule has 23 heteroatoms. The molecular formula is C63H72F2N12O8S. The summed E-state index contributed by atoms with van der Waals surface area (Å²) in [5, 5.41) is 23.8. The van der Waals surface area contributed by atoms with Gasteiger partial charge in [0.05, 0.1) is 70.9 Å². The molecule has 0 spiro atoms. The van der Waals surface area contributed by atoms with Crippen molar-refractivity contribution in [1.29, 1.82) is 0 Å². The molecule has 10 heterocycles. The number of piperazine rings is 1. The Balaban J connectivity index is 0.740. The number of carbonyl (C=O) groups is 4. The number of alkyl halides is 2. The zero-order chi connectivity index (χ0) is 59.7. The van der Waals surface area contributed by atoms with E-state index in [2.05, 4.69) is 25.0 Å². The van der Waals surface area contributed by atoms with Gasteiger partial charge in [-0.3, -0.25) is 28.3 Å². The predicted octanol–water partition coefficient (Wildman–Crippen LogP) is 8.51. The molecular weight excluding hydrogens is 1120 g/mol. The quantitative estimate of drug-likeness (QED) is 0.0987. The van der Waals surface area contributed by atoms with Gasteiger partial charge in [0, 0.05) is 101 Å². The fraction of sp³-hybridized carbons (Fsp3) is 0.492. The van der Waals surface area contributed by atoms with Crippen molar-refractivity contribution in [2.24, 2.45) is 11.8 Å². The fourth-order valence-electron chi connectivity index (χ4n) is 13.8. The average molecular weight is 1200 g/mol. The Bertz CT molecular complexity index is 3710. The van der Waals surface area contributed by atoms with Crippen LogP contribution in [0.5, 0.6) is 5.75 Å². The molecule has 6 aliphatic rings. The van der Waals surface area contributed by atoms with Gasteiger partial charge in [0.25, 0.3) is 6.43 Å². The van der Waals surface area contributed by atoms with Crippen LogP contribution in [0.2, 0.25) is 0 Å². The summed E-state index contributed by atoms with van der Waals surface area (Å²) in [6.45, 7) is 13.8. The first kappa shape index (κ1) is 57.3. The van der Waals surface area contributed by atoms with Gasteiger partial charge in [0.2, 0.25) is 23.6 Å². The Morgan fingerprint density at radius 3 is 2.36 bits per heavy atom. The summed E-state index contributed by atoms with van der Waals surface area (Å²) in [4.78, 5) is 76.7. The van der Waals surface area contributed by atoms with Crippen molar-refractivity contribution >= 4 is 57.9 Å². The standard InChI is InChI=1S/C63H72F2N12O8S/c1-36(2)57(53-26-37(3)70-85-53)62(82)76-33-45(79)28-51(76)61(81)68-63(43-10-11-43,42-8-6-40(7-9-42)58-38(4)67-35-86-58)31-56(80)72-20-18-71(19-21-72)55-32-66-54-27-41(12-17-75(54)55)46-30-52-50(29-47(46)59(64)65)74(22-25-84-52)60-48-34-73(39(5)78)16-13-49(48)77(69-60)44-14-23-83-24-15-44/h6-9,12,17,26-27,29-30,32,35-36,43-45,51,57,59,79H,10-11,13-16,18-25,28,31,33-34H2,1-5H3,(H,68,81)/t45-,51+,57-,63-/m1/s1. The second-order valence-electron chi connectivity index (χ2n) is 24.3. The molecule has 4 amide bonds. The number of β-amino-alcohol motifs (C(OH)–C–C–N with tert-alkyl or cyclic N) is 1. The Kier molecular flexibility index (Phi) is 15.4. The molecule has 20 nitrogen and oxygen atoms in total. The molecule has 86 heavy (non-hydrogen) atoms. The van der Waals surface area contributed by atoms with E-state index >= 15 is 13.6 Å². The van der Waals surface area contributed by atoms with E-state index in [1.165, 1.54) is 11.0 Å². The topological polar surface area (TPSA) is 209 Å². The summed E-state index contributed by atoms with van der Waals surface area (Å²) in [5.41, 5.74) is 7.75. The summed E-state index contributed by atoms with van der Waals surface area (Å²) in [6, 6.07) is 15.7. The first-order valence-electron chi connectivity index (χ1n) is 30.1. The highest BCUT2D eigenvalue weighted by molar-refractivity contribution is 7.13. The minimum atomic E-state index is -2.82. The molecule has 0 radical (unpaired) electrons. The number of thiazole rings is 1. The summed E-state index contributed by atoms with van der Waals surface area (Å²) in [5.74, 6) is 0.396. The van der Waals surface area contributed by atoms with Crippen LogP contribution in [0, 0.1) is 25.7 Å². The van der Waals surface area contributed by atoms with Gasteiger partial charge < -0.3 is 48.9 Å². The predicted molar refractivity (Wildman–Crippen MR) is 317 cm³/mol. The average Bonchev–Trinajstić information content (AvgIpc) is 2.55. The molecule has 2 aromatic carbocycles. The van der Waals surface area contributed by atoms with Crippen LogP contribution in [0.4, 0.5) is 26.1 Å². The number of fused-ring (bicyclic) bond motifs is 3. The largest absolute Gasteiger partial charge is 0.490 e. The molecule has 2 N–H and O–H groups in total. The normalized spacial score (nSPS) is 20.3. The van der Waals surface area contributed by atoms with Gasteiger partial charge in [-0.2, -0.15) is 5.10 Å². The van der Waals surface area contributed by atoms with Crippen molar-refractivity contribution in [3.63, 3.8) is 0 Å². The van der Waals surface area contributed by atoms with Crippen LogP contribution >= 0.6 is 11.3 Å². The number of benzene rings is 2. The lowest BCUT2D eigenvalue weighted by Crippen LogP contribution is -2.57. The maximum Gasteiger partial charge on any atom is 0.264 e. The monoisotopic (exact) mass is 1190 g/mol. The second-order valence-corrected chi connectivity index (χ2v) is 25.2. The molecule has 4 atom stereocenters. The zero-order valence-corrected chi connectivity index (χ0v) is 49.9. The number of aryl methyl sites for hydroxylation is 2. The highest BCUT2D eigenvalue weighted by Crippen LogP contribution is 2.50. The van der Waals surface area contributed by atoms with E-state index in [1.54, 1.807) is 49.6 Å². The molecule has 1 aliphatic carbocycles. The number of aliphatic hydroxyl groups excluding tert-OH is 1. The van der Waals surface area contributed by atoms with Crippen molar-refractivity contribution in [2.75, 3.05) is 75.4 Å². The minimum absolute atomic E-state index is 0.0227. The molecule has 5 aromatic heterocycles. The number of hydrogen-bond acceptors (Lipinski definition) is 15. The van der Waals surface area contributed by atoms with Crippen molar-refractivity contribution in [1.82, 2.24) is 49.3 Å². The van der Waals surface area contributed by atoms with Crippen LogP contribution in [0.1, 0.15) is 117 Å². The number of rotatable bonds is 15. The number of nitrogens with one attached hydrogen (secondary N) is 1. The van der Waals surface area contributed by atoms with Crippen molar-refractivity contribution in [3.8, 4) is 27.3 Å². The number of imidazole rings is 1. The third kappa shape index (κ3) is 10.7. The third-order valence-electron chi connectivity index (χ3n) is 18.5. The van der Waals surface area contributed by atoms with Crippen molar-refractivity contribution in [2.45, 2.75) is 122 Å². The summed E-state index contributed by atoms with van der Waals surface area (Å²) < 4.78 is 52.5. The van der Waals surface area contributed by atoms with E-state index in [1.807, 2.05) is 81.9 Å². The lowest BCUT2D eigenvalue weighted by Gasteiger charge is -2.41. The molecule has 1 saturated carbocycles. The molecule has 3 saturated heterocycles. The first-order chi connectivity index (χ1) is 41.5. The Labute approximate surface area is 501 Å². The van der Waals surface area contributed by atoms with E-state index < -0.39 is 35.9 Å². The molecule has 452 valence electrons. The van der Waals surface area contributed by atoms with E-state index in [-0.39, 0.29) is 60.5 Å². The van der Waals surface area contributed by atoms with Crippen molar-refractivity contribution in [3.05, 3.63) is 112 Å². The SMILES string of the molecule is CC(=O)N1CCc2c(c(N3CCOc4cc(-c5ccn6c(N7CCN(C(=O)C[C@@](NC(=O)[C@@H]8C[C@@H](O)CN8C(=O)[C@@H](c8cc(C)no8)C(C)C)(c8ccc(-c9scnc9C)cc8)C8CC8)CC7)cnc6c5)c(C(F)F)cc43)nn2C2CCOCC2)C1. The third-order valence-corrected chi connectivity index (χ3v) is 19.5. The van der Waals surface area contributed by atoms with Crippen molar-refractivity contribution < 1.29 is 47.1 Å². The van der Waals surface area contributed by atoms with Crippen LogP contribution < -0.4 is 19.9 Å². The summed E-state index contributed by atoms with van der Waals surface area (Å²) in [7, 11) is 0. The Morgan fingerprint density at radius 2 is 1.67 bits per heavy atom. The minimum Gasteiger partial charge on any atom is -0.490 e. The van der Waals surface area contributed by atoms with Crippen LogP contribution in [0.15, 0.2) is 77.0 Å². The molecule has 0 unspecified atom stereocenters. The smallest absolute Gasteiger partial charge is 0.264 e. The van der Waals surface area contributed by atoms with E-state index in [4.69, 9.17) is 24.1 Å². The maximum absolute atomic E-state index is 15.4. The number of amides is 4. The number of carbonyl (C=O) groups excluding carboxylic acids is 4. The molecule has 0 bridgehead atoms. The highest BCUT2D eigenvalue weighted by atomic mass is 32.1. The van der Waals surface area contributed by atoms with Gasteiger partial charge in [0.15, 0.2) is 5.82 Å². The summed E-state index contributed by atoms with van der Waals surface area (Å²) >= 11 is 1.54. The van der Waals surface area contributed by atoms with Crippen LogP contribution in [-0.4, -0.2) is 151 Å². The number of aromatic nitrogens is 6. The maximum atomic E-state index is 15.4. The van der Waals surface area contributed by atoms with Gasteiger partial charge in [-0.15, -0.1) is 11.3 Å². The lowest BCUT2D eigenvalue weighted by atomic mass is 9.80. The fourth-order valence-corrected chi connectivity index (χ4v) is 14.6. The number of nitrogens with zero attached hydrogens (tertiary/aromatic N) is 11. The van der Waals surface area contributed by atoms with E-state index in [0.717, 1.165) is 64.5 Å². The van der Waals surface area contributed by atoms with E-state index in [0.29, 0.717) is 118 Å². The molecule has 7 aromatic rings. The van der Waals surface area contributed by atoms with Crippen LogP contribution in [0.25, 0.3) is 27.2 Å². The van der Waals surface area contributed by atoms with Crippen LogP contribution in [-0.2, 0) is 42.4 Å². The van der Waals surface area contributed by atoms with Gasteiger partial charge in [-0.1, -0.05) is 43.3 Å². The van der Waals surface area contributed by atoms with Gasteiger partial charge in [-0.05, 0) is 97.9 Å². The number of aliphatic hydroxyl groups is 1. The van der Waals surface area contributed by atoms with Gasteiger partial charge >= 0.3 is 0 Å². The number of anilines is 3. The van der Waals surface area contributed by atoms with Crippen LogP contribution in [0.3, 0.4) is 0 Å². The second kappa shape index (κ2) is 23.2. The molecule has 5 aliphatic heterocycles. The number of hydrogen-bond donors (Lipinski definition) is 2. The summed E-state index contributed by atoms with van der Waals surface area (Å²) in [6.07, 6.45) is 3.70. The number of likely N-dealkylation sites (tertiary alicyclic amines) is 1. The van der Waals surface area contributed by atoms with E-state index in [9.17, 15) is 19.5 Å². The number of ether oxygens (including phenoxy) is 2. The highest BCUT2D eigenvalue weighted by Gasteiger charge is 2.52. The molecule has 13 rings (SSSR count). The Morgan fingerprint density at radius 1 is 0.895 bits per heavy atom.